The Labute approximate surface area is 145 Å². The molecule has 4 fully saturated rings. The normalized spacial score (nSPS) is 34.8. The Bertz CT molecular complexity index is 637. The highest BCUT2D eigenvalue weighted by Gasteiger charge is 2.47. The van der Waals surface area contributed by atoms with Crippen LogP contribution in [0.3, 0.4) is 0 Å². The zero-order valence-corrected chi connectivity index (χ0v) is 14.5. The first-order valence-corrected chi connectivity index (χ1v) is 9.26. The Morgan fingerprint density at radius 1 is 1.17 bits per heavy atom. The molecule has 0 spiro atoms. The van der Waals surface area contributed by atoms with E-state index < -0.39 is 11.2 Å². The van der Waals surface area contributed by atoms with Crippen LogP contribution in [0.1, 0.15) is 37.7 Å². The molecule has 3 aliphatic heterocycles. The molecule has 1 unspecified atom stereocenters. The van der Waals surface area contributed by atoms with E-state index in [1.807, 2.05) is 30.3 Å². The van der Waals surface area contributed by atoms with Crippen molar-refractivity contribution >= 4 is 0 Å². The summed E-state index contributed by atoms with van der Waals surface area (Å²) in [5.41, 5.74) is -0.533. The maximum absolute atomic E-state index is 11.5. The Balaban J connectivity index is 1.69. The van der Waals surface area contributed by atoms with Crippen LogP contribution in [-0.4, -0.2) is 42.4 Å². The number of piperidine rings is 3. The van der Waals surface area contributed by atoms with Crippen LogP contribution in [0.4, 0.5) is 0 Å². The van der Waals surface area contributed by atoms with Crippen LogP contribution in [-0.2, 0) is 10.3 Å². The molecule has 128 valence electrons. The molecule has 3 saturated heterocycles. The summed E-state index contributed by atoms with van der Waals surface area (Å²) in [5, 5.41) is 11.5. The molecule has 3 heterocycles. The minimum Gasteiger partial charge on any atom is -0.373 e. The molecule has 1 aromatic rings. The summed E-state index contributed by atoms with van der Waals surface area (Å²) in [7, 11) is 1.78. The third kappa shape index (κ3) is 2.58. The summed E-state index contributed by atoms with van der Waals surface area (Å²) in [5.74, 6) is 7.48. The second-order valence-corrected chi connectivity index (χ2v) is 7.65. The number of ether oxygens (including phenoxy) is 1. The average Bonchev–Trinajstić information content (AvgIpc) is 2.60. The second-order valence-electron chi connectivity index (χ2n) is 7.65. The van der Waals surface area contributed by atoms with Crippen molar-refractivity contribution in [2.45, 2.75) is 43.3 Å². The van der Waals surface area contributed by atoms with Gasteiger partial charge in [-0.25, -0.2) is 0 Å². The van der Waals surface area contributed by atoms with Crippen molar-refractivity contribution in [1.82, 2.24) is 4.90 Å². The van der Waals surface area contributed by atoms with Crippen molar-refractivity contribution in [2.24, 2.45) is 11.8 Å². The van der Waals surface area contributed by atoms with Crippen LogP contribution in [0.5, 0.6) is 0 Å². The van der Waals surface area contributed by atoms with Gasteiger partial charge in [0.2, 0.25) is 0 Å². The standard InChI is InChI=1S/C21H27NO2/c1-24-20(16-22-14-10-17(20)11-15-22)12-13-21(23,19-8-5-9-19)18-6-3-2-4-7-18/h2-4,6-7,17,19,23H,5,8-11,14-16H2,1H3/t20-,21?/m1/s1. The van der Waals surface area contributed by atoms with E-state index in [0.717, 1.165) is 50.9 Å². The van der Waals surface area contributed by atoms with Gasteiger partial charge in [-0.15, -0.1) is 0 Å². The number of nitrogens with zero attached hydrogens (tertiary/aromatic N) is 1. The molecule has 3 heteroatoms. The van der Waals surface area contributed by atoms with Gasteiger partial charge in [-0.05, 0) is 44.3 Å². The number of aliphatic hydroxyl groups is 1. The van der Waals surface area contributed by atoms with Gasteiger partial charge in [-0.2, -0.15) is 0 Å². The van der Waals surface area contributed by atoms with E-state index in [-0.39, 0.29) is 5.92 Å². The van der Waals surface area contributed by atoms with Crippen molar-refractivity contribution in [3.8, 4) is 11.8 Å². The number of benzene rings is 1. The first-order chi connectivity index (χ1) is 11.7. The number of hydrogen-bond acceptors (Lipinski definition) is 3. The van der Waals surface area contributed by atoms with E-state index in [0.29, 0.717) is 5.92 Å². The number of fused-ring (bicyclic) bond motifs is 3. The molecule has 0 radical (unpaired) electrons. The van der Waals surface area contributed by atoms with Gasteiger partial charge in [0.15, 0.2) is 5.60 Å². The third-order valence-corrected chi connectivity index (χ3v) is 6.44. The lowest BCUT2D eigenvalue weighted by molar-refractivity contribution is -0.0969. The lowest BCUT2D eigenvalue weighted by Gasteiger charge is -2.50. The maximum Gasteiger partial charge on any atom is 0.153 e. The van der Waals surface area contributed by atoms with Crippen LogP contribution >= 0.6 is 0 Å². The fourth-order valence-corrected chi connectivity index (χ4v) is 4.57. The average molecular weight is 325 g/mol. The lowest BCUT2D eigenvalue weighted by Crippen LogP contribution is -2.59. The molecule has 2 bridgehead atoms. The molecular weight excluding hydrogens is 298 g/mol. The maximum atomic E-state index is 11.5. The van der Waals surface area contributed by atoms with Crippen molar-refractivity contribution in [2.75, 3.05) is 26.7 Å². The highest BCUT2D eigenvalue weighted by Crippen LogP contribution is 2.43. The summed E-state index contributed by atoms with van der Waals surface area (Å²) in [6, 6.07) is 9.97. The van der Waals surface area contributed by atoms with Gasteiger partial charge in [0.25, 0.3) is 0 Å². The van der Waals surface area contributed by atoms with Crippen LogP contribution in [0.2, 0.25) is 0 Å². The first-order valence-electron chi connectivity index (χ1n) is 9.26. The molecule has 4 aliphatic rings. The van der Waals surface area contributed by atoms with E-state index in [9.17, 15) is 5.11 Å². The minimum atomic E-state index is -1.04. The Hall–Kier alpha value is -1.34. The summed E-state index contributed by atoms with van der Waals surface area (Å²) >= 11 is 0. The monoisotopic (exact) mass is 325 g/mol. The smallest absolute Gasteiger partial charge is 0.153 e. The van der Waals surface area contributed by atoms with Gasteiger partial charge in [-0.3, -0.25) is 4.90 Å². The molecule has 1 aliphatic carbocycles. The topological polar surface area (TPSA) is 32.7 Å². The predicted octanol–water partition coefficient (Wildman–Crippen LogP) is 2.79. The van der Waals surface area contributed by atoms with Crippen molar-refractivity contribution < 1.29 is 9.84 Å². The fourth-order valence-electron chi connectivity index (χ4n) is 4.57. The van der Waals surface area contributed by atoms with Crippen molar-refractivity contribution in [1.29, 1.82) is 0 Å². The summed E-state index contributed by atoms with van der Waals surface area (Å²) in [6.45, 7) is 3.18. The predicted molar refractivity (Wildman–Crippen MR) is 94.4 cm³/mol. The summed E-state index contributed by atoms with van der Waals surface area (Å²) in [6.07, 6.45) is 5.59. The minimum absolute atomic E-state index is 0.238. The van der Waals surface area contributed by atoms with Gasteiger partial charge in [0.1, 0.15) is 5.60 Å². The molecule has 1 aromatic carbocycles. The quantitative estimate of drug-likeness (QED) is 0.868. The molecule has 24 heavy (non-hydrogen) atoms. The van der Waals surface area contributed by atoms with Crippen LogP contribution < -0.4 is 0 Å². The van der Waals surface area contributed by atoms with Gasteiger partial charge in [-0.1, -0.05) is 48.6 Å². The highest BCUT2D eigenvalue weighted by molar-refractivity contribution is 5.36. The number of rotatable bonds is 3. The Kier molecular flexibility index (Phi) is 4.16. The zero-order valence-electron chi connectivity index (χ0n) is 14.5. The molecular formula is C21H27NO2. The Morgan fingerprint density at radius 3 is 2.38 bits per heavy atom. The third-order valence-electron chi connectivity index (χ3n) is 6.44. The lowest BCUT2D eigenvalue weighted by atomic mass is 9.69. The van der Waals surface area contributed by atoms with E-state index in [2.05, 4.69) is 16.7 Å². The number of methoxy groups -OCH3 is 1. The second kappa shape index (κ2) is 6.19. The SMILES string of the molecule is CO[C@]1(C#CC(O)(c2ccccc2)C2CCC2)CN2CCC1CC2. The molecule has 2 atom stereocenters. The molecule has 5 rings (SSSR count). The van der Waals surface area contributed by atoms with E-state index in [1.54, 1.807) is 7.11 Å². The van der Waals surface area contributed by atoms with Crippen LogP contribution in [0.15, 0.2) is 30.3 Å². The van der Waals surface area contributed by atoms with Crippen LogP contribution in [0.25, 0.3) is 0 Å². The molecule has 0 amide bonds. The molecule has 0 aromatic heterocycles. The molecule has 3 nitrogen and oxygen atoms in total. The van der Waals surface area contributed by atoms with Gasteiger partial charge in [0.05, 0.1) is 0 Å². The van der Waals surface area contributed by atoms with Gasteiger partial charge >= 0.3 is 0 Å². The summed E-state index contributed by atoms with van der Waals surface area (Å²) < 4.78 is 5.95. The number of hydrogen-bond donors (Lipinski definition) is 1. The van der Waals surface area contributed by atoms with E-state index in [1.165, 1.54) is 6.42 Å². The van der Waals surface area contributed by atoms with Crippen molar-refractivity contribution in [3.05, 3.63) is 35.9 Å². The van der Waals surface area contributed by atoms with E-state index >= 15 is 0 Å². The molecule has 1 saturated carbocycles. The van der Waals surface area contributed by atoms with Crippen LogP contribution in [0, 0.1) is 23.7 Å². The van der Waals surface area contributed by atoms with Gasteiger partial charge < -0.3 is 9.84 Å². The van der Waals surface area contributed by atoms with Gasteiger partial charge in [0, 0.05) is 25.5 Å². The first kappa shape index (κ1) is 16.1. The highest BCUT2D eigenvalue weighted by atomic mass is 16.5. The molecule has 1 N–H and O–H groups in total. The Morgan fingerprint density at radius 2 is 1.88 bits per heavy atom. The van der Waals surface area contributed by atoms with Crippen molar-refractivity contribution in [3.63, 3.8) is 0 Å². The zero-order chi connectivity index (χ0) is 16.6. The largest absolute Gasteiger partial charge is 0.373 e. The fraction of sp³-hybridized carbons (Fsp3) is 0.619. The van der Waals surface area contributed by atoms with E-state index in [4.69, 9.17) is 4.74 Å². The summed E-state index contributed by atoms with van der Waals surface area (Å²) in [4.78, 5) is 2.45.